The summed E-state index contributed by atoms with van der Waals surface area (Å²) in [7, 11) is 0. The van der Waals surface area contributed by atoms with E-state index in [4.69, 9.17) is 18.0 Å². The number of nitrogens with two attached hydrogens (primary N) is 1. The fourth-order valence-corrected chi connectivity index (χ4v) is 2.01. The van der Waals surface area contributed by atoms with Gasteiger partial charge >= 0.3 is 0 Å². The largest absolute Gasteiger partial charge is 0.364 e. The molecule has 1 amide bonds. The number of amides is 1. The average Bonchev–Trinajstić information content (AvgIpc) is 2.84. The van der Waals surface area contributed by atoms with Gasteiger partial charge in [-0.1, -0.05) is 17.7 Å². The zero-order chi connectivity index (χ0) is 15.4. The zero-order valence-electron chi connectivity index (χ0n) is 11.9. The Hall–Kier alpha value is -2.41. The standard InChI is InChI=1S/C14H17N5OS/c1-3-19-8-11(12(18-19)13(15)20)17-14(21)16-10-6-4-9(2)5-7-10/h4-8H,3H2,1-2H3,(H2,15,20)(H2,16,17,21). The lowest BCUT2D eigenvalue weighted by atomic mass is 10.2. The summed E-state index contributed by atoms with van der Waals surface area (Å²) in [5.41, 5.74) is 8.00. The number of aryl methyl sites for hydroxylation is 2. The third-order valence-electron chi connectivity index (χ3n) is 2.88. The van der Waals surface area contributed by atoms with Gasteiger partial charge in [-0.15, -0.1) is 0 Å². The molecule has 2 aromatic rings. The maximum Gasteiger partial charge on any atom is 0.271 e. The minimum atomic E-state index is -0.595. The summed E-state index contributed by atoms with van der Waals surface area (Å²) in [5.74, 6) is -0.595. The molecule has 0 aliphatic rings. The number of nitrogens with one attached hydrogen (secondary N) is 2. The van der Waals surface area contributed by atoms with E-state index in [2.05, 4.69) is 15.7 Å². The smallest absolute Gasteiger partial charge is 0.271 e. The molecule has 7 heteroatoms. The zero-order valence-corrected chi connectivity index (χ0v) is 12.7. The van der Waals surface area contributed by atoms with Gasteiger partial charge in [-0.3, -0.25) is 9.48 Å². The van der Waals surface area contributed by atoms with Crippen LogP contribution in [-0.4, -0.2) is 20.8 Å². The van der Waals surface area contributed by atoms with Crippen molar-refractivity contribution in [1.29, 1.82) is 0 Å². The van der Waals surface area contributed by atoms with Crippen LogP contribution in [0, 0.1) is 6.92 Å². The van der Waals surface area contributed by atoms with Crippen molar-refractivity contribution in [3.8, 4) is 0 Å². The summed E-state index contributed by atoms with van der Waals surface area (Å²) in [4.78, 5) is 11.4. The van der Waals surface area contributed by atoms with E-state index in [-0.39, 0.29) is 5.69 Å². The van der Waals surface area contributed by atoms with E-state index in [9.17, 15) is 4.79 Å². The van der Waals surface area contributed by atoms with E-state index in [1.165, 1.54) is 5.56 Å². The second-order valence-electron chi connectivity index (χ2n) is 4.56. The number of hydrogen-bond acceptors (Lipinski definition) is 3. The first-order chi connectivity index (χ1) is 9.99. The fourth-order valence-electron chi connectivity index (χ4n) is 1.78. The Morgan fingerprint density at radius 2 is 2.00 bits per heavy atom. The Morgan fingerprint density at radius 1 is 1.33 bits per heavy atom. The van der Waals surface area contributed by atoms with Crippen LogP contribution in [0.4, 0.5) is 11.4 Å². The number of hydrogen-bond donors (Lipinski definition) is 3. The lowest BCUT2D eigenvalue weighted by molar-refractivity contribution is 0.0995. The molecule has 0 aliphatic heterocycles. The van der Waals surface area contributed by atoms with Crippen molar-refractivity contribution in [1.82, 2.24) is 9.78 Å². The van der Waals surface area contributed by atoms with E-state index in [0.29, 0.717) is 17.3 Å². The van der Waals surface area contributed by atoms with Crippen molar-refractivity contribution in [2.45, 2.75) is 20.4 Å². The molecular weight excluding hydrogens is 286 g/mol. The number of nitrogens with zero attached hydrogens (tertiary/aromatic N) is 2. The van der Waals surface area contributed by atoms with E-state index < -0.39 is 5.91 Å². The quantitative estimate of drug-likeness (QED) is 0.753. The van der Waals surface area contributed by atoms with Crippen LogP contribution >= 0.6 is 12.2 Å². The summed E-state index contributed by atoms with van der Waals surface area (Å²) in [6, 6.07) is 7.81. The van der Waals surface area contributed by atoms with Crippen LogP contribution in [0.5, 0.6) is 0 Å². The van der Waals surface area contributed by atoms with Gasteiger partial charge in [0.25, 0.3) is 5.91 Å². The van der Waals surface area contributed by atoms with Crippen LogP contribution in [-0.2, 0) is 6.54 Å². The lowest BCUT2D eigenvalue weighted by Crippen LogP contribution is -2.21. The molecule has 1 aromatic carbocycles. The molecular formula is C14H17N5OS. The maximum atomic E-state index is 11.4. The number of benzene rings is 1. The molecule has 0 aliphatic carbocycles. The first-order valence-electron chi connectivity index (χ1n) is 6.51. The number of primary amides is 1. The topological polar surface area (TPSA) is 85.0 Å². The average molecular weight is 303 g/mol. The predicted molar refractivity (Wildman–Crippen MR) is 87.4 cm³/mol. The number of anilines is 2. The van der Waals surface area contributed by atoms with Crippen LogP contribution < -0.4 is 16.4 Å². The Labute approximate surface area is 128 Å². The third-order valence-corrected chi connectivity index (χ3v) is 3.08. The summed E-state index contributed by atoms with van der Waals surface area (Å²) in [5, 5.41) is 10.5. The van der Waals surface area contributed by atoms with Gasteiger partial charge in [0.2, 0.25) is 0 Å². The molecule has 0 spiro atoms. The van der Waals surface area contributed by atoms with E-state index in [1.807, 2.05) is 38.1 Å². The summed E-state index contributed by atoms with van der Waals surface area (Å²) in [6.07, 6.45) is 1.70. The van der Waals surface area contributed by atoms with Crippen LogP contribution in [0.1, 0.15) is 23.0 Å². The molecule has 0 fully saturated rings. The molecule has 110 valence electrons. The van der Waals surface area contributed by atoms with E-state index in [1.54, 1.807) is 10.9 Å². The first kappa shape index (κ1) is 15.0. The monoisotopic (exact) mass is 303 g/mol. The predicted octanol–water partition coefficient (Wildman–Crippen LogP) is 2.12. The SMILES string of the molecule is CCn1cc(NC(=S)Nc2ccc(C)cc2)c(C(N)=O)n1. The highest BCUT2D eigenvalue weighted by molar-refractivity contribution is 7.80. The molecule has 4 N–H and O–H groups in total. The fraction of sp³-hybridized carbons (Fsp3) is 0.214. The molecule has 0 atom stereocenters. The van der Waals surface area contributed by atoms with Gasteiger partial charge < -0.3 is 16.4 Å². The number of rotatable bonds is 4. The Balaban J connectivity index is 2.10. The molecule has 0 unspecified atom stereocenters. The molecule has 0 saturated carbocycles. The molecule has 1 heterocycles. The van der Waals surface area contributed by atoms with Crippen molar-refractivity contribution >= 4 is 34.6 Å². The van der Waals surface area contributed by atoms with Gasteiger partial charge in [-0.25, -0.2) is 0 Å². The second-order valence-corrected chi connectivity index (χ2v) is 4.96. The number of carbonyl (C=O) groups excluding carboxylic acids is 1. The normalized spacial score (nSPS) is 10.2. The highest BCUT2D eigenvalue weighted by atomic mass is 32.1. The van der Waals surface area contributed by atoms with Crippen molar-refractivity contribution < 1.29 is 4.79 Å². The maximum absolute atomic E-state index is 11.4. The lowest BCUT2D eigenvalue weighted by Gasteiger charge is -2.09. The molecule has 6 nitrogen and oxygen atoms in total. The summed E-state index contributed by atoms with van der Waals surface area (Å²) >= 11 is 5.23. The van der Waals surface area contributed by atoms with E-state index in [0.717, 1.165) is 5.69 Å². The molecule has 21 heavy (non-hydrogen) atoms. The van der Waals surface area contributed by atoms with Crippen LogP contribution in [0.3, 0.4) is 0 Å². The van der Waals surface area contributed by atoms with Crippen molar-refractivity contribution in [2.75, 3.05) is 10.6 Å². The number of aromatic nitrogens is 2. The van der Waals surface area contributed by atoms with Gasteiger partial charge in [0.05, 0.1) is 5.69 Å². The molecule has 2 rings (SSSR count). The number of carbonyl (C=O) groups is 1. The first-order valence-corrected chi connectivity index (χ1v) is 6.92. The highest BCUT2D eigenvalue weighted by Crippen LogP contribution is 2.15. The van der Waals surface area contributed by atoms with Crippen LogP contribution in [0.2, 0.25) is 0 Å². The minimum Gasteiger partial charge on any atom is -0.364 e. The molecule has 0 radical (unpaired) electrons. The summed E-state index contributed by atoms with van der Waals surface area (Å²) in [6.45, 7) is 4.57. The van der Waals surface area contributed by atoms with Gasteiger partial charge in [-0.2, -0.15) is 5.10 Å². The van der Waals surface area contributed by atoms with Gasteiger partial charge in [0.1, 0.15) is 0 Å². The minimum absolute atomic E-state index is 0.171. The number of thiocarbonyl (C=S) groups is 1. The Morgan fingerprint density at radius 3 is 2.57 bits per heavy atom. The van der Waals surface area contributed by atoms with Gasteiger partial charge in [0, 0.05) is 18.4 Å². The Bertz CT molecular complexity index is 663. The van der Waals surface area contributed by atoms with E-state index >= 15 is 0 Å². The molecule has 0 saturated heterocycles. The van der Waals surface area contributed by atoms with Crippen molar-refractivity contribution in [3.63, 3.8) is 0 Å². The van der Waals surface area contributed by atoms with Crippen LogP contribution in [0.25, 0.3) is 0 Å². The Kier molecular flexibility index (Phi) is 4.54. The van der Waals surface area contributed by atoms with Crippen molar-refractivity contribution in [3.05, 3.63) is 41.7 Å². The highest BCUT2D eigenvalue weighted by Gasteiger charge is 2.14. The molecule has 1 aromatic heterocycles. The second kappa shape index (κ2) is 6.36. The third kappa shape index (κ3) is 3.79. The van der Waals surface area contributed by atoms with Gasteiger partial charge in [0.15, 0.2) is 10.8 Å². The van der Waals surface area contributed by atoms with Crippen LogP contribution in [0.15, 0.2) is 30.5 Å². The van der Waals surface area contributed by atoms with Crippen molar-refractivity contribution in [2.24, 2.45) is 5.73 Å². The molecule has 0 bridgehead atoms. The van der Waals surface area contributed by atoms with Gasteiger partial charge in [-0.05, 0) is 38.2 Å². The summed E-state index contributed by atoms with van der Waals surface area (Å²) < 4.78 is 1.62.